The molecule has 2 rings (SSSR count). The van der Waals surface area contributed by atoms with Gasteiger partial charge in [-0.3, -0.25) is 0 Å². The monoisotopic (exact) mass is 159 g/mol. The zero-order chi connectivity index (χ0) is 6.97. The summed E-state index contributed by atoms with van der Waals surface area (Å²) in [5.41, 5.74) is 3.03. The third-order valence-electron chi connectivity index (χ3n) is 1.86. The number of rotatable bonds is 0. The third kappa shape index (κ3) is 0.877. The molecule has 0 aromatic heterocycles. The molecular formula is C8H7Si2. The van der Waals surface area contributed by atoms with Gasteiger partial charge in [-0.15, -0.1) is 0 Å². The van der Waals surface area contributed by atoms with E-state index in [4.69, 9.17) is 0 Å². The van der Waals surface area contributed by atoms with Gasteiger partial charge in [-0.05, 0) is 22.3 Å². The second-order valence-corrected chi connectivity index (χ2v) is 5.01. The first kappa shape index (κ1) is 6.37. The molecule has 1 unspecified atom stereocenters. The van der Waals surface area contributed by atoms with Gasteiger partial charge >= 0.3 is 0 Å². The lowest BCUT2D eigenvalue weighted by Gasteiger charge is -2.00. The van der Waals surface area contributed by atoms with Gasteiger partial charge in [0.15, 0.2) is 0 Å². The fourth-order valence-corrected chi connectivity index (χ4v) is 3.13. The summed E-state index contributed by atoms with van der Waals surface area (Å²) in [5.74, 6) is 0. The Labute approximate surface area is 66.9 Å². The molecule has 2 heteroatoms. The molecule has 47 valence electrons. The smallest absolute Gasteiger partial charge is 0.0475 e. The van der Waals surface area contributed by atoms with E-state index in [1.165, 1.54) is 17.2 Å². The highest BCUT2D eigenvalue weighted by Crippen LogP contribution is 2.23. The van der Waals surface area contributed by atoms with Gasteiger partial charge in [0.1, 0.15) is 0 Å². The molecule has 0 spiro atoms. The van der Waals surface area contributed by atoms with Crippen LogP contribution in [0.15, 0.2) is 24.3 Å². The maximum absolute atomic E-state index is 3.70. The van der Waals surface area contributed by atoms with Gasteiger partial charge in [-0.25, -0.2) is 0 Å². The lowest BCUT2D eigenvalue weighted by atomic mass is 10.1. The van der Waals surface area contributed by atoms with E-state index in [0.717, 1.165) is 9.52 Å². The van der Waals surface area contributed by atoms with Crippen LogP contribution in [-0.4, -0.2) is 19.8 Å². The van der Waals surface area contributed by atoms with Gasteiger partial charge in [-0.1, -0.05) is 24.3 Å². The highest BCUT2D eigenvalue weighted by Gasteiger charge is 2.17. The Hall–Kier alpha value is -0.346. The van der Waals surface area contributed by atoms with Gasteiger partial charge in [0.25, 0.3) is 0 Å². The van der Waals surface area contributed by atoms with Crippen molar-refractivity contribution in [3.63, 3.8) is 0 Å². The van der Waals surface area contributed by atoms with Crippen molar-refractivity contribution in [2.24, 2.45) is 0 Å². The summed E-state index contributed by atoms with van der Waals surface area (Å²) < 4.78 is 0. The van der Waals surface area contributed by atoms with Crippen LogP contribution in [0.5, 0.6) is 0 Å². The second kappa shape index (κ2) is 2.36. The Morgan fingerprint density at radius 2 is 2.20 bits per heavy atom. The van der Waals surface area contributed by atoms with Crippen molar-refractivity contribution in [1.82, 2.24) is 0 Å². The maximum atomic E-state index is 3.70. The summed E-state index contributed by atoms with van der Waals surface area (Å²) in [6.45, 7) is 0. The number of hydrogen-bond donors (Lipinski definition) is 0. The molecule has 0 amide bonds. The molecule has 5 radical (unpaired) electrons. The molecule has 0 bridgehead atoms. The quantitative estimate of drug-likeness (QED) is 0.497. The molecular weight excluding hydrogens is 152 g/mol. The van der Waals surface area contributed by atoms with E-state index in [1.54, 1.807) is 0 Å². The van der Waals surface area contributed by atoms with Crippen molar-refractivity contribution < 1.29 is 0 Å². The van der Waals surface area contributed by atoms with E-state index in [-0.39, 0.29) is 0 Å². The van der Waals surface area contributed by atoms with E-state index < -0.39 is 0 Å². The van der Waals surface area contributed by atoms with E-state index in [1.807, 2.05) is 0 Å². The number of benzene rings is 1. The molecule has 1 aliphatic heterocycles. The molecule has 0 nitrogen and oxygen atoms in total. The number of hydrogen-bond acceptors (Lipinski definition) is 0. The number of fused-ring (bicyclic) bond motifs is 1. The van der Waals surface area contributed by atoms with Crippen molar-refractivity contribution in [3.05, 3.63) is 35.4 Å². The van der Waals surface area contributed by atoms with Crippen LogP contribution in [-0.2, 0) is 6.04 Å². The summed E-state index contributed by atoms with van der Waals surface area (Å²) in [4.78, 5) is 0. The SMILES string of the molecule is [Si]C1[Si]Cc2ccccc21. The van der Waals surface area contributed by atoms with Crippen molar-refractivity contribution in [3.8, 4) is 0 Å². The molecule has 0 fully saturated rings. The fraction of sp³-hybridized carbons (Fsp3) is 0.250. The molecule has 0 saturated carbocycles. The summed E-state index contributed by atoms with van der Waals surface area (Å²) >= 11 is 0. The van der Waals surface area contributed by atoms with Gasteiger partial charge in [0.05, 0.1) is 0 Å². The Morgan fingerprint density at radius 1 is 1.40 bits per heavy atom. The molecule has 1 aromatic rings. The van der Waals surface area contributed by atoms with Crippen molar-refractivity contribution in [2.75, 3.05) is 0 Å². The van der Waals surface area contributed by atoms with Crippen LogP contribution in [0, 0.1) is 0 Å². The lowest BCUT2D eigenvalue weighted by Crippen LogP contribution is -1.99. The maximum Gasteiger partial charge on any atom is 0.0475 e. The van der Waals surface area contributed by atoms with Crippen LogP contribution < -0.4 is 0 Å². The standard InChI is InChI=1S/C8H7Si2/c9-8-7-4-2-1-3-6(7)5-10-8/h1-4,8H,5H2. The Balaban J connectivity index is 2.51. The molecule has 1 aromatic carbocycles. The minimum atomic E-state index is 0.635. The predicted octanol–water partition coefficient (Wildman–Crippen LogP) is 1.07. The van der Waals surface area contributed by atoms with Crippen LogP contribution in [0.3, 0.4) is 0 Å². The average Bonchev–Trinajstić information content (AvgIpc) is 2.34. The van der Waals surface area contributed by atoms with Gasteiger partial charge in [0.2, 0.25) is 0 Å². The highest BCUT2D eigenvalue weighted by molar-refractivity contribution is 6.51. The summed E-state index contributed by atoms with van der Waals surface area (Å²) in [6, 6.07) is 9.94. The molecule has 0 aliphatic carbocycles. The molecule has 1 aliphatic rings. The summed E-state index contributed by atoms with van der Waals surface area (Å²) in [5, 5.41) is 0.635. The van der Waals surface area contributed by atoms with Crippen molar-refractivity contribution >= 4 is 19.8 Å². The average molecular weight is 159 g/mol. The Kier molecular flexibility index (Phi) is 1.50. The van der Waals surface area contributed by atoms with Crippen LogP contribution in [0.2, 0.25) is 0 Å². The summed E-state index contributed by atoms with van der Waals surface area (Å²) in [6.07, 6.45) is 0. The zero-order valence-electron chi connectivity index (χ0n) is 5.59. The fourth-order valence-electron chi connectivity index (χ4n) is 1.30. The van der Waals surface area contributed by atoms with Gasteiger partial charge in [0, 0.05) is 19.8 Å². The highest BCUT2D eigenvalue weighted by atomic mass is 28.2. The summed E-state index contributed by atoms with van der Waals surface area (Å²) in [7, 11) is 4.73. The van der Waals surface area contributed by atoms with Crippen molar-refractivity contribution in [1.29, 1.82) is 0 Å². The molecule has 0 N–H and O–H groups in total. The first-order chi connectivity index (χ1) is 4.88. The van der Waals surface area contributed by atoms with E-state index >= 15 is 0 Å². The molecule has 1 atom stereocenters. The molecule has 10 heavy (non-hydrogen) atoms. The Bertz CT molecular complexity index is 245. The minimum absolute atomic E-state index is 0.635. The topological polar surface area (TPSA) is 0 Å². The van der Waals surface area contributed by atoms with Gasteiger partial charge < -0.3 is 0 Å². The van der Waals surface area contributed by atoms with Crippen LogP contribution >= 0.6 is 0 Å². The third-order valence-corrected chi connectivity index (χ3v) is 4.09. The van der Waals surface area contributed by atoms with Crippen LogP contribution in [0.25, 0.3) is 0 Å². The predicted molar refractivity (Wildman–Crippen MR) is 44.4 cm³/mol. The molecule has 0 saturated heterocycles. The lowest BCUT2D eigenvalue weighted by molar-refractivity contribution is 1.32. The van der Waals surface area contributed by atoms with Crippen LogP contribution in [0.4, 0.5) is 0 Å². The first-order valence-corrected chi connectivity index (χ1v) is 5.26. The van der Waals surface area contributed by atoms with Crippen LogP contribution in [0.1, 0.15) is 16.3 Å². The second-order valence-electron chi connectivity index (χ2n) is 2.51. The minimum Gasteiger partial charge on any atom is -0.0620 e. The zero-order valence-corrected chi connectivity index (χ0v) is 7.59. The normalized spacial score (nSPS) is 22.7. The first-order valence-electron chi connectivity index (χ1n) is 3.40. The Morgan fingerprint density at radius 3 is 3.00 bits per heavy atom. The largest absolute Gasteiger partial charge is 0.0620 e. The van der Waals surface area contributed by atoms with E-state index in [2.05, 4.69) is 34.5 Å². The van der Waals surface area contributed by atoms with Gasteiger partial charge in [-0.2, -0.15) is 0 Å². The molecule has 1 heterocycles. The van der Waals surface area contributed by atoms with E-state index in [9.17, 15) is 0 Å². The van der Waals surface area contributed by atoms with E-state index in [0.29, 0.717) is 5.16 Å². The van der Waals surface area contributed by atoms with Crippen molar-refractivity contribution in [2.45, 2.75) is 11.2 Å².